The summed E-state index contributed by atoms with van der Waals surface area (Å²) in [7, 11) is 0. The predicted octanol–water partition coefficient (Wildman–Crippen LogP) is 6.92. The van der Waals surface area contributed by atoms with Crippen LogP contribution in [0.2, 0.25) is 10.0 Å². The van der Waals surface area contributed by atoms with Crippen LogP contribution >= 0.6 is 39.1 Å². The van der Waals surface area contributed by atoms with E-state index >= 15 is 0 Å². The lowest BCUT2D eigenvalue weighted by Crippen LogP contribution is -2.45. The van der Waals surface area contributed by atoms with E-state index in [9.17, 15) is 22.8 Å². The maximum Gasteiger partial charge on any atom is 0.435 e. The van der Waals surface area contributed by atoms with Gasteiger partial charge in [0.1, 0.15) is 5.69 Å². The highest BCUT2D eigenvalue weighted by molar-refractivity contribution is 9.10. The molecule has 2 N–H and O–H groups in total. The molecule has 2 amide bonds. The maximum absolute atomic E-state index is 13.5. The fraction of sp³-hybridized carbons (Fsp3) is 0.304. The third-order valence-corrected chi connectivity index (χ3v) is 6.74. The fourth-order valence-corrected chi connectivity index (χ4v) is 4.26. The zero-order chi connectivity index (χ0) is 26.8. The van der Waals surface area contributed by atoms with E-state index in [2.05, 4.69) is 36.6 Å². The summed E-state index contributed by atoms with van der Waals surface area (Å²) in [5.74, 6) is -1.70. The van der Waals surface area contributed by atoms with Crippen molar-refractivity contribution < 1.29 is 22.8 Å². The molecule has 0 unspecified atom stereocenters. The van der Waals surface area contributed by atoms with Crippen molar-refractivity contribution in [2.45, 2.75) is 45.3 Å². The van der Waals surface area contributed by atoms with Gasteiger partial charge in [0, 0.05) is 22.3 Å². The van der Waals surface area contributed by atoms with Crippen molar-refractivity contribution >= 4 is 56.6 Å². The van der Waals surface area contributed by atoms with Gasteiger partial charge >= 0.3 is 6.18 Å². The zero-order valence-electron chi connectivity index (χ0n) is 19.3. The summed E-state index contributed by atoms with van der Waals surface area (Å²) in [5.41, 5.74) is -2.42. The van der Waals surface area contributed by atoms with Crippen LogP contribution in [0.5, 0.6) is 0 Å². The van der Waals surface area contributed by atoms with E-state index < -0.39 is 34.9 Å². The van der Waals surface area contributed by atoms with E-state index in [1.165, 1.54) is 30.5 Å². The molecule has 0 aliphatic carbocycles. The average Bonchev–Trinajstić information content (AvgIpc) is 3.26. The number of alkyl halides is 3. The molecule has 2 aromatic heterocycles. The largest absolute Gasteiger partial charge is 0.435 e. The van der Waals surface area contributed by atoms with Crippen LogP contribution in [-0.2, 0) is 6.18 Å². The molecule has 0 atom stereocenters. The normalized spacial score (nSPS) is 11.9. The van der Waals surface area contributed by atoms with E-state index in [1.807, 2.05) is 20.8 Å². The van der Waals surface area contributed by atoms with E-state index in [4.69, 9.17) is 23.2 Å². The number of halogens is 6. The highest BCUT2D eigenvalue weighted by Gasteiger charge is 2.37. The van der Waals surface area contributed by atoms with Gasteiger partial charge in [0.25, 0.3) is 11.8 Å². The van der Waals surface area contributed by atoms with E-state index in [0.717, 1.165) is 0 Å². The van der Waals surface area contributed by atoms with Gasteiger partial charge in [0.15, 0.2) is 11.5 Å². The fourth-order valence-electron chi connectivity index (χ4n) is 3.20. The topological polar surface area (TPSA) is 88.9 Å². The number of carbonyl (C=O) groups is 2. The van der Waals surface area contributed by atoms with Gasteiger partial charge in [-0.25, -0.2) is 9.67 Å². The molecule has 0 aliphatic heterocycles. The molecule has 13 heteroatoms. The predicted molar refractivity (Wildman–Crippen MR) is 135 cm³/mol. The maximum atomic E-state index is 13.5. The number of anilines is 1. The molecule has 0 saturated heterocycles. The number of carbonyl (C=O) groups excluding carboxylic acids is 2. The number of pyridine rings is 1. The smallest absolute Gasteiger partial charge is 0.347 e. The first-order valence-corrected chi connectivity index (χ1v) is 12.3. The van der Waals surface area contributed by atoms with Gasteiger partial charge < -0.3 is 10.6 Å². The van der Waals surface area contributed by atoms with Gasteiger partial charge in [0.2, 0.25) is 0 Å². The molecule has 0 aliphatic rings. The number of aromatic nitrogens is 3. The van der Waals surface area contributed by atoms with Crippen molar-refractivity contribution in [2.75, 3.05) is 5.32 Å². The number of amides is 2. The van der Waals surface area contributed by atoms with Crippen LogP contribution in [0.15, 0.2) is 41.0 Å². The number of hydrogen-bond acceptors (Lipinski definition) is 4. The highest BCUT2D eigenvalue weighted by Crippen LogP contribution is 2.34. The van der Waals surface area contributed by atoms with E-state index in [-0.39, 0.29) is 27.1 Å². The van der Waals surface area contributed by atoms with Crippen LogP contribution in [-0.4, -0.2) is 32.1 Å². The Kier molecular flexibility index (Phi) is 8.37. The third kappa shape index (κ3) is 6.01. The summed E-state index contributed by atoms with van der Waals surface area (Å²) in [6.07, 6.45) is -2.26. The van der Waals surface area contributed by atoms with Crippen molar-refractivity contribution in [3.63, 3.8) is 0 Å². The quantitative estimate of drug-likeness (QED) is 0.306. The van der Waals surface area contributed by atoms with Gasteiger partial charge in [0.05, 0.1) is 21.3 Å². The minimum atomic E-state index is -4.84. The number of rotatable bonds is 7. The standard InChI is InChI=1S/C23H21BrCl2F3N5O2/c1-4-22(3,5-2)32-20(35)13-9-12(24)10-15(26)18(13)31-21(36)16-11-17(23(27,28)29)33-34(16)19-14(25)7-6-8-30-19/h6-11H,4-5H2,1-3H3,(H,31,36)(H,32,35). The molecule has 192 valence electrons. The summed E-state index contributed by atoms with van der Waals surface area (Å²) in [6, 6.07) is 6.34. The first-order valence-electron chi connectivity index (χ1n) is 10.7. The van der Waals surface area contributed by atoms with Crippen LogP contribution in [0.1, 0.15) is 60.2 Å². The molecule has 0 fully saturated rings. The van der Waals surface area contributed by atoms with E-state index in [1.54, 1.807) is 0 Å². The molecule has 0 spiro atoms. The second kappa shape index (κ2) is 10.8. The van der Waals surface area contributed by atoms with Crippen molar-refractivity contribution in [1.29, 1.82) is 0 Å². The zero-order valence-corrected chi connectivity index (χ0v) is 22.4. The molecular weight excluding hydrogens is 586 g/mol. The third-order valence-electron chi connectivity index (χ3n) is 5.69. The lowest BCUT2D eigenvalue weighted by Gasteiger charge is -2.29. The van der Waals surface area contributed by atoms with Crippen LogP contribution in [0.25, 0.3) is 5.82 Å². The van der Waals surface area contributed by atoms with Gasteiger partial charge in [-0.05, 0) is 44.0 Å². The number of nitrogens with zero attached hydrogens (tertiary/aromatic N) is 3. The summed E-state index contributed by atoms with van der Waals surface area (Å²) in [6.45, 7) is 5.71. The Morgan fingerprint density at radius 2 is 1.75 bits per heavy atom. The second-order valence-corrected chi connectivity index (χ2v) is 9.85. The van der Waals surface area contributed by atoms with Gasteiger partial charge in [-0.15, -0.1) is 0 Å². The van der Waals surface area contributed by atoms with E-state index in [0.29, 0.717) is 28.1 Å². The van der Waals surface area contributed by atoms with Gasteiger partial charge in [-0.2, -0.15) is 18.3 Å². The lowest BCUT2D eigenvalue weighted by atomic mass is 9.95. The molecule has 3 rings (SSSR count). The number of hydrogen-bond donors (Lipinski definition) is 2. The summed E-state index contributed by atoms with van der Waals surface area (Å²) in [5, 5.41) is 8.87. The van der Waals surface area contributed by atoms with Gasteiger partial charge in [-0.3, -0.25) is 9.59 Å². The highest BCUT2D eigenvalue weighted by atomic mass is 79.9. The Bertz CT molecular complexity index is 1310. The molecule has 0 radical (unpaired) electrons. The second-order valence-electron chi connectivity index (χ2n) is 8.12. The molecule has 3 aromatic rings. The summed E-state index contributed by atoms with van der Waals surface area (Å²) >= 11 is 15.7. The Morgan fingerprint density at radius 1 is 1.08 bits per heavy atom. The Balaban J connectivity index is 2.08. The van der Waals surface area contributed by atoms with Crippen molar-refractivity contribution in [2.24, 2.45) is 0 Å². The molecule has 36 heavy (non-hydrogen) atoms. The van der Waals surface area contributed by atoms with Crippen LogP contribution in [0, 0.1) is 0 Å². The first kappa shape index (κ1) is 27.9. The molecule has 0 saturated carbocycles. The summed E-state index contributed by atoms with van der Waals surface area (Å²) in [4.78, 5) is 30.4. The Hall–Kier alpha value is -2.63. The number of benzene rings is 1. The van der Waals surface area contributed by atoms with Gasteiger partial charge in [-0.1, -0.05) is 53.0 Å². The monoisotopic (exact) mass is 605 g/mol. The molecule has 0 bridgehead atoms. The average molecular weight is 607 g/mol. The Morgan fingerprint density at radius 3 is 2.33 bits per heavy atom. The molecular formula is C23H21BrCl2F3N5O2. The minimum Gasteiger partial charge on any atom is -0.347 e. The molecule has 1 aromatic carbocycles. The Labute approximate surface area is 223 Å². The first-order chi connectivity index (χ1) is 16.8. The van der Waals surface area contributed by atoms with Crippen molar-refractivity contribution in [1.82, 2.24) is 20.1 Å². The SMILES string of the molecule is CCC(C)(CC)NC(=O)c1cc(Br)cc(Cl)c1NC(=O)c1cc(C(F)(F)F)nn1-c1ncccc1Cl. The van der Waals surface area contributed by atoms with Crippen molar-refractivity contribution in [3.05, 3.63) is 68.0 Å². The molecule has 7 nitrogen and oxygen atoms in total. The lowest BCUT2D eigenvalue weighted by molar-refractivity contribution is -0.141. The minimum absolute atomic E-state index is 0.00412. The number of nitrogens with one attached hydrogen (secondary N) is 2. The summed E-state index contributed by atoms with van der Waals surface area (Å²) < 4.78 is 41.5. The van der Waals surface area contributed by atoms with Crippen molar-refractivity contribution in [3.8, 4) is 5.82 Å². The molecule has 2 heterocycles. The van der Waals surface area contributed by atoms with Crippen LogP contribution in [0.3, 0.4) is 0 Å². The van der Waals surface area contributed by atoms with Crippen LogP contribution < -0.4 is 10.6 Å². The van der Waals surface area contributed by atoms with Crippen LogP contribution in [0.4, 0.5) is 18.9 Å².